The van der Waals surface area contributed by atoms with Gasteiger partial charge < -0.3 is 10.4 Å². The number of nitrogens with one attached hydrogen (secondary N) is 1. The molecule has 0 aliphatic carbocycles. The Labute approximate surface area is 122 Å². The van der Waals surface area contributed by atoms with Gasteiger partial charge in [0.25, 0.3) is 0 Å². The van der Waals surface area contributed by atoms with Crippen molar-refractivity contribution in [1.82, 2.24) is 0 Å². The SMILES string of the molecule is Cc1ccc([C@H]2CC(=O)Nc3cc(O)ccc32)c(C)c1F. The number of carbonyl (C=O) groups is 1. The zero-order valence-electron chi connectivity index (χ0n) is 11.9. The zero-order chi connectivity index (χ0) is 15.1. The van der Waals surface area contributed by atoms with E-state index in [4.69, 9.17) is 0 Å². The second-order valence-corrected chi connectivity index (χ2v) is 5.49. The molecule has 0 bridgehead atoms. The number of phenols is 1. The summed E-state index contributed by atoms with van der Waals surface area (Å²) in [5.74, 6) is -0.441. The molecule has 3 rings (SSSR count). The zero-order valence-corrected chi connectivity index (χ0v) is 11.9. The molecule has 0 unspecified atom stereocenters. The molecule has 1 aliphatic rings. The Bertz CT molecular complexity index is 740. The number of rotatable bonds is 1. The molecule has 1 atom stereocenters. The molecule has 1 aliphatic heterocycles. The Kier molecular flexibility index (Phi) is 3.16. The standard InChI is InChI=1S/C17H16FNO2/c1-9-3-5-12(10(2)17(9)18)14-8-16(21)19-15-7-11(20)4-6-13(14)15/h3-7,14,20H,8H2,1-2H3,(H,19,21)/t14-/m1/s1. The average Bonchev–Trinajstić information content (AvgIpc) is 2.44. The van der Waals surface area contributed by atoms with Crippen LogP contribution in [0.25, 0.3) is 0 Å². The second-order valence-electron chi connectivity index (χ2n) is 5.49. The number of phenolic OH excluding ortho intramolecular Hbond substituents is 1. The Morgan fingerprint density at radius 2 is 1.90 bits per heavy atom. The van der Waals surface area contributed by atoms with Gasteiger partial charge in [0.05, 0.1) is 0 Å². The molecule has 0 aromatic heterocycles. The van der Waals surface area contributed by atoms with Crippen LogP contribution in [-0.2, 0) is 4.79 Å². The van der Waals surface area contributed by atoms with Gasteiger partial charge in [-0.2, -0.15) is 0 Å². The number of carbonyl (C=O) groups excluding carboxylic acids is 1. The number of hydrogen-bond acceptors (Lipinski definition) is 2. The maximum atomic E-state index is 14.1. The summed E-state index contributed by atoms with van der Waals surface area (Å²) in [4.78, 5) is 11.9. The van der Waals surface area contributed by atoms with Crippen molar-refractivity contribution in [3.63, 3.8) is 0 Å². The fourth-order valence-corrected chi connectivity index (χ4v) is 2.94. The molecule has 0 saturated carbocycles. The van der Waals surface area contributed by atoms with Crippen molar-refractivity contribution in [3.8, 4) is 5.75 Å². The Balaban J connectivity index is 2.16. The van der Waals surface area contributed by atoms with Gasteiger partial charge in [0.15, 0.2) is 0 Å². The lowest BCUT2D eigenvalue weighted by Gasteiger charge is -2.27. The van der Waals surface area contributed by atoms with Crippen LogP contribution < -0.4 is 5.32 Å². The summed E-state index contributed by atoms with van der Waals surface area (Å²) >= 11 is 0. The molecule has 1 heterocycles. The van der Waals surface area contributed by atoms with E-state index in [-0.39, 0.29) is 29.8 Å². The van der Waals surface area contributed by atoms with Crippen molar-refractivity contribution in [2.45, 2.75) is 26.2 Å². The molecule has 0 fully saturated rings. The minimum absolute atomic E-state index is 0.0986. The third-order valence-corrected chi connectivity index (χ3v) is 4.07. The predicted octanol–water partition coefficient (Wildman–Crippen LogP) is 3.62. The van der Waals surface area contributed by atoms with Gasteiger partial charge in [-0.1, -0.05) is 18.2 Å². The largest absolute Gasteiger partial charge is 0.508 e. The quantitative estimate of drug-likeness (QED) is 0.840. The van der Waals surface area contributed by atoms with Gasteiger partial charge in [-0.3, -0.25) is 4.79 Å². The summed E-state index contributed by atoms with van der Waals surface area (Å²) < 4.78 is 14.1. The molecule has 108 valence electrons. The van der Waals surface area contributed by atoms with Crippen LogP contribution in [0.2, 0.25) is 0 Å². The Hall–Kier alpha value is -2.36. The predicted molar refractivity (Wildman–Crippen MR) is 79.1 cm³/mol. The summed E-state index contributed by atoms with van der Waals surface area (Å²) in [6, 6.07) is 8.52. The van der Waals surface area contributed by atoms with Gasteiger partial charge in [0.2, 0.25) is 5.91 Å². The highest BCUT2D eigenvalue weighted by Gasteiger charge is 2.28. The highest BCUT2D eigenvalue weighted by molar-refractivity contribution is 5.95. The van der Waals surface area contributed by atoms with Crippen LogP contribution in [-0.4, -0.2) is 11.0 Å². The molecule has 2 aromatic carbocycles. The third kappa shape index (κ3) is 2.27. The fraction of sp³-hybridized carbons (Fsp3) is 0.235. The summed E-state index contributed by atoms with van der Waals surface area (Å²) in [6.07, 6.45) is 0.279. The normalized spacial score (nSPS) is 17.3. The monoisotopic (exact) mass is 285 g/mol. The number of halogens is 1. The first-order valence-electron chi connectivity index (χ1n) is 6.85. The molecule has 1 amide bonds. The van der Waals surface area contributed by atoms with Crippen LogP contribution in [0.15, 0.2) is 30.3 Å². The van der Waals surface area contributed by atoms with Crippen LogP contribution in [0.1, 0.15) is 34.6 Å². The van der Waals surface area contributed by atoms with Gasteiger partial charge in [-0.15, -0.1) is 0 Å². The molecule has 4 heteroatoms. The van der Waals surface area contributed by atoms with Crippen molar-refractivity contribution < 1.29 is 14.3 Å². The average molecular weight is 285 g/mol. The first kappa shape index (κ1) is 13.6. The van der Waals surface area contributed by atoms with Crippen LogP contribution in [0.4, 0.5) is 10.1 Å². The molecule has 2 N–H and O–H groups in total. The van der Waals surface area contributed by atoms with Gasteiger partial charge in [0.1, 0.15) is 11.6 Å². The van der Waals surface area contributed by atoms with Crippen LogP contribution in [0.3, 0.4) is 0 Å². The van der Waals surface area contributed by atoms with Crippen molar-refractivity contribution in [2.75, 3.05) is 5.32 Å². The lowest BCUT2D eigenvalue weighted by Crippen LogP contribution is -2.24. The maximum absolute atomic E-state index is 14.1. The number of hydrogen-bond donors (Lipinski definition) is 2. The van der Waals surface area contributed by atoms with Crippen LogP contribution >= 0.6 is 0 Å². The maximum Gasteiger partial charge on any atom is 0.225 e. The van der Waals surface area contributed by atoms with E-state index in [1.807, 2.05) is 6.07 Å². The lowest BCUT2D eigenvalue weighted by molar-refractivity contribution is -0.116. The second kappa shape index (κ2) is 4.88. The number of fused-ring (bicyclic) bond motifs is 1. The summed E-state index contributed by atoms with van der Waals surface area (Å²) in [5, 5.41) is 12.3. The highest BCUT2D eigenvalue weighted by Crippen LogP contribution is 2.40. The number of aryl methyl sites for hydroxylation is 1. The van der Waals surface area contributed by atoms with Gasteiger partial charge >= 0.3 is 0 Å². The molecular formula is C17H16FNO2. The van der Waals surface area contributed by atoms with E-state index in [2.05, 4.69) is 5.32 Å². The minimum Gasteiger partial charge on any atom is -0.508 e. The van der Waals surface area contributed by atoms with Crippen LogP contribution in [0, 0.1) is 19.7 Å². The van der Waals surface area contributed by atoms with E-state index in [1.165, 1.54) is 6.07 Å². The smallest absolute Gasteiger partial charge is 0.225 e. The van der Waals surface area contributed by atoms with E-state index in [1.54, 1.807) is 32.0 Å². The van der Waals surface area contributed by atoms with E-state index in [0.717, 1.165) is 11.1 Å². The Morgan fingerprint density at radius 1 is 1.19 bits per heavy atom. The van der Waals surface area contributed by atoms with Crippen molar-refractivity contribution >= 4 is 11.6 Å². The third-order valence-electron chi connectivity index (χ3n) is 4.07. The van der Waals surface area contributed by atoms with Gasteiger partial charge in [0, 0.05) is 24.1 Å². The van der Waals surface area contributed by atoms with E-state index in [9.17, 15) is 14.3 Å². The molecule has 21 heavy (non-hydrogen) atoms. The molecule has 0 spiro atoms. The van der Waals surface area contributed by atoms with Gasteiger partial charge in [-0.05, 0) is 42.2 Å². The van der Waals surface area contributed by atoms with E-state index < -0.39 is 0 Å². The highest BCUT2D eigenvalue weighted by atomic mass is 19.1. The van der Waals surface area contributed by atoms with Crippen LogP contribution in [0.5, 0.6) is 5.75 Å². The van der Waals surface area contributed by atoms with E-state index in [0.29, 0.717) is 16.8 Å². The summed E-state index contributed by atoms with van der Waals surface area (Å²) in [6.45, 7) is 3.47. The summed E-state index contributed by atoms with van der Waals surface area (Å²) in [5.41, 5.74) is 3.49. The first-order valence-corrected chi connectivity index (χ1v) is 6.85. The fourth-order valence-electron chi connectivity index (χ4n) is 2.94. The summed E-state index contributed by atoms with van der Waals surface area (Å²) in [7, 11) is 0. The molecular weight excluding hydrogens is 269 g/mol. The molecule has 2 aromatic rings. The lowest BCUT2D eigenvalue weighted by atomic mass is 9.82. The minimum atomic E-state index is -0.223. The molecule has 0 radical (unpaired) electrons. The first-order chi connectivity index (χ1) is 9.97. The van der Waals surface area contributed by atoms with Crippen molar-refractivity contribution in [2.24, 2.45) is 0 Å². The number of anilines is 1. The van der Waals surface area contributed by atoms with Crippen molar-refractivity contribution in [1.29, 1.82) is 0 Å². The van der Waals surface area contributed by atoms with Gasteiger partial charge in [-0.25, -0.2) is 4.39 Å². The number of aromatic hydroxyl groups is 1. The van der Waals surface area contributed by atoms with Crippen molar-refractivity contribution in [3.05, 3.63) is 58.4 Å². The number of amides is 1. The topological polar surface area (TPSA) is 49.3 Å². The Morgan fingerprint density at radius 3 is 2.67 bits per heavy atom. The van der Waals surface area contributed by atoms with E-state index >= 15 is 0 Å². The molecule has 3 nitrogen and oxygen atoms in total. The molecule has 0 saturated heterocycles. The number of benzene rings is 2.